The number of carbonyl (C=O) groups excluding carboxylic acids is 1. The maximum Gasteiger partial charge on any atom is 0.223 e. The maximum absolute atomic E-state index is 11.7. The quantitative estimate of drug-likeness (QED) is 0.778. The number of benzene rings is 1. The smallest absolute Gasteiger partial charge is 0.223 e. The summed E-state index contributed by atoms with van der Waals surface area (Å²) in [5.74, 6) is 0.857. The number of amides is 1. The van der Waals surface area contributed by atoms with Gasteiger partial charge in [0.2, 0.25) is 5.91 Å². The Kier molecular flexibility index (Phi) is 5.62. The summed E-state index contributed by atoms with van der Waals surface area (Å²) < 4.78 is 5.56. The number of hydrogen-bond acceptors (Lipinski definition) is 3. The Morgan fingerprint density at radius 3 is 3.10 bits per heavy atom. The van der Waals surface area contributed by atoms with Crippen LogP contribution >= 0.6 is 0 Å². The SMILES string of the molecule is Cc1cccc(OCCC(=O)NCC2=CCNCC2)c1. The molecule has 108 valence electrons. The molecule has 0 aromatic heterocycles. The Labute approximate surface area is 120 Å². The first-order valence-corrected chi connectivity index (χ1v) is 7.09. The third kappa shape index (κ3) is 5.05. The lowest BCUT2D eigenvalue weighted by molar-refractivity contribution is -0.121. The minimum Gasteiger partial charge on any atom is -0.493 e. The Balaban J connectivity index is 1.64. The molecule has 0 unspecified atom stereocenters. The summed E-state index contributed by atoms with van der Waals surface area (Å²) in [5.41, 5.74) is 2.46. The van der Waals surface area contributed by atoms with Crippen LogP contribution in [0.2, 0.25) is 0 Å². The van der Waals surface area contributed by atoms with Crippen LogP contribution in [0.15, 0.2) is 35.9 Å². The van der Waals surface area contributed by atoms with Gasteiger partial charge in [0.1, 0.15) is 5.75 Å². The van der Waals surface area contributed by atoms with Gasteiger partial charge in [-0.3, -0.25) is 4.79 Å². The molecule has 4 nitrogen and oxygen atoms in total. The molecule has 2 N–H and O–H groups in total. The number of ether oxygens (including phenoxy) is 1. The number of nitrogens with one attached hydrogen (secondary N) is 2. The van der Waals surface area contributed by atoms with E-state index in [1.54, 1.807) is 0 Å². The summed E-state index contributed by atoms with van der Waals surface area (Å²) in [4.78, 5) is 11.7. The van der Waals surface area contributed by atoms with E-state index >= 15 is 0 Å². The van der Waals surface area contributed by atoms with Crippen molar-refractivity contribution in [2.45, 2.75) is 19.8 Å². The molecule has 0 fully saturated rings. The summed E-state index contributed by atoms with van der Waals surface area (Å²) in [5, 5.41) is 6.19. The molecule has 1 aliphatic rings. The second-order valence-corrected chi connectivity index (χ2v) is 5.01. The Hall–Kier alpha value is -1.81. The topological polar surface area (TPSA) is 50.4 Å². The van der Waals surface area contributed by atoms with Gasteiger partial charge in [-0.05, 0) is 37.6 Å². The molecule has 0 aliphatic carbocycles. The molecule has 0 spiro atoms. The molecule has 1 aromatic rings. The van der Waals surface area contributed by atoms with E-state index in [4.69, 9.17) is 4.74 Å². The van der Waals surface area contributed by atoms with Crippen LogP contribution in [-0.2, 0) is 4.79 Å². The van der Waals surface area contributed by atoms with Crippen molar-refractivity contribution < 1.29 is 9.53 Å². The van der Waals surface area contributed by atoms with Crippen LogP contribution in [0.4, 0.5) is 0 Å². The first-order valence-electron chi connectivity index (χ1n) is 7.09. The molecule has 2 rings (SSSR count). The maximum atomic E-state index is 11.7. The molecule has 1 aliphatic heterocycles. The van der Waals surface area contributed by atoms with Crippen LogP contribution in [-0.4, -0.2) is 32.1 Å². The Morgan fingerprint density at radius 2 is 2.35 bits per heavy atom. The largest absolute Gasteiger partial charge is 0.493 e. The van der Waals surface area contributed by atoms with E-state index in [-0.39, 0.29) is 5.91 Å². The van der Waals surface area contributed by atoms with Crippen LogP contribution in [0.1, 0.15) is 18.4 Å². The lowest BCUT2D eigenvalue weighted by Crippen LogP contribution is -2.30. The number of aryl methyl sites for hydroxylation is 1. The van der Waals surface area contributed by atoms with E-state index in [0.29, 0.717) is 19.6 Å². The molecule has 4 heteroatoms. The van der Waals surface area contributed by atoms with Crippen molar-refractivity contribution in [1.82, 2.24) is 10.6 Å². The van der Waals surface area contributed by atoms with Gasteiger partial charge in [-0.1, -0.05) is 23.8 Å². The van der Waals surface area contributed by atoms with Gasteiger partial charge in [-0.25, -0.2) is 0 Å². The molecule has 0 saturated heterocycles. The molecule has 20 heavy (non-hydrogen) atoms. The fraction of sp³-hybridized carbons (Fsp3) is 0.438. The van der Waals surface area contributed by atoms with Crippen LogP contribution < -0.4 is 15.4 Å². The summed E-state index contributed by atoms with van der Waals surface area (Å²) in [6, 6.07) is 7.85. The summed E-state index contributed by atoms with van der Waals surface area (Å²) >= 11 is 0. The number of rotatable bonds is 6. The van der Waals surface area contributed by atoms with E-state index in [2.05, 4.69) is 16.7 Å². The average molecular weight is 274 g/mol. The third-order valence-corrected chi connectivity index (χ3v) is 3.26. The van der Waals surface area contributed by atoms with Gasteiger partial charge in [-0.15, -0.1) is 0 Å². The molecule has 1 amide bonds. The molecular weight excluding hydrogens is 252 g/mol. The molecule has 0 bridgehead atoms. The van der Waals surface area contributed by atoms with Crippen molar-refractivity contribution in [2.75, 3.05) is 26.2 Å². The summed E-state index contributed by atoms with van der Waals surface area (Å²) in [7, 11) is 0. The lowest BCUT2D eigenvalue weighted by atomic mass is 10.1. The van der Waals surface area contributed by atoms with Crippen molar-refractivity contribution in [3.63, 3.8) is 0 Å². The third-order valence-electron chi connectivity index (χ3n) is 3.26. The number of hydrogen-bond donors (Lipinski definition) is 2. The van der Waals surface area contributed by atoms with Crippen molar-refractivity contribution in [1.29, 1.82) is 0 Å². The van der Waals surface area contributed by atoms with Crippen molar-refractivity contribution in [3.8, 4) is 5.75 Å². The second kappa shape index (κ2) is 7.70. The summed E-state index contributed by atoms with van der Waals surface area (Å²) in [6.45, 7) is 4.99. The standard InChI is InChI=1S/C16H22N2O2/c1-13-3-2-4-15(11-13)20-10-7-16(19)18-12-14-5-8-17-9-6-14/h2-5,11,17H,6-10,12H2,1H3,(H,18,19). The van der Waals surface area contributed by atoms with Crippen LogP contribution in [0.25, 0.3) is 0 Å². The fourth-order valence-corrected chi connectivity index (χ4v) is 2.10. The van der Waals surface area contributed by atoms with Gasteiger partial charge >= 0.3 is 0 Å². The number of carbonyl (C=O) groups is 1. The van der Waals surface area contributed by atoms with Crippen LogP contribution in [0, 0.1) is 6.92 Å². The van der Waals surface area contributed by atoms with E-state index < -0.39 is 0 Å². The summed E-state index contributed by atoms with van der Waals surface area (Å²) in [6.07, 6.45) is 3.55. The Bertz CT molecular complexity index is 483. The van der Waals surface area contributed by atoms with Gasteiger partial charge < -0.3 is 15.4 Å². The van der Waals surface area contributed by atoms with Crippen molar-refractivity contribution in [2.24, 2.45) is 0 Å². The minimum atomic E-state index is 0.0390. The molecule has 0 atom stereocenters. The highest BCUT2D eigenvalue weighted by atomic mass is 16.5. The van der Waals surface area contributed by atoms with Crippen LogP contribution in [0.3, 0.4) is 0 Å². The highest BCUT2D eigenvalue weighted by Crippen LogP contribution is 2.12. The predicted octanol–water partition coefficient (Wildman–Crippen LogP) is 1.80. The van der Waals surface area contributed by atoms with E-state index in [0.717, 1.165) is 30.8 Å². The molecule has 0 saturated carbocycles. The average Bonchev–Trinajstić information content (AvgIpc) is 2.46. The minimum absolute atomic E-state index is 0.0390. The molecule has 1 heterocycles. The Morgan fingerprint density at radius 1 is 1.45 bits per heavy atom. The highest BCUT2D eigenvalue weighted by Gasteiger charge is 2.06. The first kappa shape index (κ1) is 14.6. The lowest BCUT2D eigenvalue weighted by Gasteiger charge is -2.14. The molecule has 0 radical (unpaired) electrons. The molecular formula is C16H22N2O2. The van der Waals surface area contributed by atoms with Gasteiger partial charge in [0.05, 0.1) is 13.0 Å². The van der Waals surface area contributed by atoms with E-state index in [1.165, 1.54) is 5.57 Å². The normalized spacial score (nSPS) is 14.6. The molecule has 1 aromatic carbocycles. The zero-order valence-electron chi connectivity index (χ0n) is 11.9. The highest BCUT2D eigenvalue weighted by molar-refractivity contribution is 5.76. The van der Waals surface area contributed by atoms with E-state index in [1.807, 2.05) is 31.2 Å². The van der Waals surface area contributed by atoms with Gasteiger partial charge in [0.25, 0.3) is 0 Å². The zero-order chi connectivity index (χ0) is 14.2. The second-order valence-electron chi connectivity index (χ2n) is 5.01. The fourth-order valence-electron chi connectivity index (χ4n) is 2.10. The predicted molar refractivity (Wildman–Crippen MR) is 79.9 cm³/mol. The van der Waals surface area contributed by atoms with Gasteiger partial charge in [0.15, 0.2) is 0 Å². The van der Waals surface area contributed by atoms with Crippen molar-refractivity contribution in [3.05, 3.63) is 41.5 Å². The van der Waals surface area contributed by atoms with Crippen LogP contribution in [0.5, 0.6) is 5.75 Å². The van der Waals surface area contributed by atoms with Gasteiger partial charge in [-0.2, -0.15) is 0 Å². The van der Waals surface area contributed by atoms with Gasteiger partial charge in [0, 0.05) is 13.1 Å². The first-order chi connectivity index (χ1) is 9.74. The monoisotopic (exact) mass is 274 g/mol. The zero-order valence-corrected chi connectivity index (χ0v) is 11.9. The van der Waals surface area contributed by atoms with Crippen molar-refractivity contribution >= 4 is 5.91 Å². The van der Waals surface area contributed by atoms with E-state index in [9.17, 15) is 4.79 Å².